The maximum Gasteiger partial charge on any atom is 0.302 e. The van der Waals surface area contributed by atoms with E-state index in [1.165, 1.54) is 29.2 Å². The fourth-order valence-electron chi connectivity index (χ4n) is 2.79. The zero-order valence-corrected chi connectivity index (χ0v) is 10.9. The molecule has 0 bridgehead atoms. The second-order valence-electron chi connectivity index (χ2n) is 4.85. The Labute approximate surface area is 113 Å². The van der Waals surface area contributed by atoms with Crippen molar-refractivity contribution >= 4 is 11.5 Å². The van der Waals surface area contributed by atoms with E-state index >= 15 is 0 Å². The molecule has 0 amide bonds. The van der Waals surface area contributed by atoms with Gasteiger partial charge in [0.25, 0.3) is 0 Å². The lowest BCUT2D eigenvalue weighted by Gasteiger charge is -2.14. The topological polar surface area (TPSA) is 26.3 Å². The Kier molecular flexibility index (Phi) is 3.08. The molecule has 2 heteroatoms. The van der Waals surface area contributed by atoms with Gasteiger partial charge in [0, 0.05) is 12.8 Å². The van der Waals surface area contributed by atoms with Gasteiger partial charge in [-0.15, -0.1) is 0 Å². The number of hydrogen-bond donors (Lipinski definition) is 0. The lowest BCUT2D eigenvalue weighted by molar-refractivity contribution is -0.141. The van der Waals surface area contributed by atoms with Crippen LogP contribution in [0.1, 0.15) is 30.4 Å². The average molecular weight is 252 g/mol. The lowest BCUT2D eigenvalue weighted by atomic mass is 9.96. The van der Waals surface area contributed by atoms with Crippen molar-refractivity contribution in [3.8, 4) is 0 Å². The Balaban J connectivity index is 2.04. The van der Waals surface area contributed by atoms with E-state index < -0.39 is 0 Å². The molecule has 0 aromatic heterocycles. The number of fused-ring (bicyclic) bond motifs is 2. The number of allylic oxidation sites excluding steroid dienone is 5. The van der Waals surface area contributed by atoms with Gasteiger partial charge in [0.1, 0.15) is 6.61 Å². The van der Waals surface area contributed by atoms with Crippen LogP contribution in [0.15, 0.2) is 54.1 Å². The van der Waals surface area contributed by atoms with Gasteiger partial charge < -0.3 is 4.74 Å². The van der Waals surface area contributed by atoms with Crippen LogP contribution in [0.25, 0.3) is 5.57 Å². The number of carbonyl (C=O) groups is 1. The summed E-state index contributed by atoms with van der Waals surface area (Å²) in [6.45, 7) is 1.88. The molecular formula is C17H16O2. The van der Waals surface area contributed by atoms with Gasteiger partial charge >= 0.3 is 5.97 Å². The van der Waals surface area contributed by atoms with Crippen molar-refractivity contribution in [3.05, 3.63) is 65.3 Å². The SMILES string of the molecule is CC(=O)OCC1C2=C(C=CCC=C2)c2ccccc21. The third-order valence-electron chi connectivity index (χ3n) is 3.62. The zero-order valence-electron chi connectivity index (χ0n) is 10.9. The first-order chi connectivity index (χ1) is 9.27. The van der Waals surface area contributed by atoms with Crippen LogP contribution in [0.5, 0.6) is 0 Å². The molecule has 2 aliphatic rings. The van der Waals surface area contributed by atoms with Gasteiger partial charge in [-0.05, 0) is 28.7 Å². The highest BCUT2D eigenvalue weighted by molar-refractivity contribution is 5.86. The van der Waals surface area contributed by atoms with E-state index in [9.17, 15) is 4.79 Å². The molecule has 1 aromatic rings. The molecular weight excluding hydrogens is 236 g/mol. The summed E-state index contributed by atoms with van der Waals surface area (Å²) in [7, 11) is 0. The molecule has 1 aromatic carbocycles. The van der Waals surface area contributed by atoms with Crippen molar-refractivity contribution < 1.29 is 9.53 Å². The maximum absolute atomic E-state index is 11.1. The number of ether oxygens (including phenoxy) is 1. The monoisotopic (exact) mass is 252 g/mol. The second-order valence-corrected chi connectivity index (χ2v) is 4.85. The number of esters is 1. The minimum atomic E-state index is -0.223. The smallest absolute Gasteiger partial charge is 0.302 e. The van der Waals surface area contributed by atoms with Crippen LogP contribution in [-0.2, 0) is 9.53 Å². The van der Waals surface area contributed by atoms with E-state index in [-0.39, 0.29) is 11.9 Å². The summed E-state index contributed by atoms with van der Waals surface area (Å²) in [4.78, 5) is 11.1. The van der Waals surface area contributed by atoms with Crippen LogP contribution in [0.2, 0.25) is 0 Å². The van der Waals surface area contributed by atoms with Gasteiger partial charge in [0.15, 0.2) is 0 Å². The van der Waals surface area contributed by atoms with Crippen LogP contribution >= 0.6 is 0 Å². The van der Waals surface area contributed by atoms with Crippen LogP contribution in [0.3, 0.4) is 0 Å². The molecule has 1 unspecified atom stereocenters. The Bertz CT molecular complexity index is 605. The number of carbonyl (C=O) groups excluding carboxylic acids is 1. The van der Waals surface area contributed by atoms with E-state index in [0.717, 1.165) is 6.42 Å². The first-order valence-corrected chi connectivity index (χ1v) is 6.57. The Morgan fingerprint density at radius 1 is 1.26 bits per heavy atom. The predicted molar refractivity (Wildman–Crippen MR) is 75.6 cm³/mol. The summed E-state index contributed by atoms with van der Waals surface area (Å²) in [5.41, 5.74) is 5.04. The third-order valence-corrected chi connectivity index (χ3v) is 3.62. The summed E-state index contributed by atoms with van der Waals surface area (Å²) in [5, 5.41) is 0. The Morgan fingerprint density at radius 3 is 2.89 bits per heavy atom. The molecule has 0 radical (unpaired) electrons. The molecule has 2 nitrogen and oxygen atoms in total. The largest absolute Gasteiger partial charge is 0.465 e. The number of benzene rings is 1. The van der Waals surface area contributed by atoms with Crippen molar-refractivity contribution in [2.45, 2.75) is 19.3 Å². The lowest BCUT2D eigenvalue weighted by Crippen LogP contribution is -2.10. The van der Waals surface area contributed by atoms with E-state index in [0.29, 0.717) is 6.61 Å². The van der Waals surface area contributed by atoms with Crippen molar-refractivity contribution in [2.75, 3.05) is 6.61 Å². The van der Waals surface area contributed by atoms with Gasteiger partial charge in [-0.25, -0.2) is 0 Å². The summed E-state index contributed by atoms with van der Waals surface area (Å²) < 4.78 is 5.24. The van der Waals surface area contributed by atoms with Gasteiger partial charge in [-0.3, -0.25) is 4.79 Å². The van der Waals surface area contributed by atoms with E-state index in [1.54, 1.807) is 0 Å². The third kappa shape index (κ3) is 2.14. The van der Waals surface area contributed by atoms with Gasteiger partial charge in [-0.1, -0.05) is 48.6 Å². The van der Waals surface area contributed by atoms with Crippen LogP contribution in [-0.4, -0.2) is 12.6 Å². The molecule has 2 aliphatic carbocycles. The van der Waals surface area contributed by atoms with Crippen LogP contribution < -0.4 is 0 Å². The van der Waals surface area contributed by atoms with Crippen molar-refractivity contribution in [3.63, 3.8) is 0 Å². The summed E-state index contributed by atoms with van der Waals surface area (Å²) >= 11 is 0. The van der Waals surface area contributed by atoms with Crippen molar-refractivity contribution in [1.29, 1.82) is 0 Å². The molecule has 1 atom stereocenters. The Morgan fingerprint density at radius 2 is 2.05 bits per heavy atom. The number of rotatable bonds is 2. The first-order valence-electron chi connectivity index (χ1n) is 6.57. The highest BCUT2D eigenvalue weighted by atomic mass is 16.5. The van der Waals surface area contributed by atoms with Gasteiger partial charge in [0.05, 0.1) is 0 Å². The van der Waals surface area contributed by atoms with Crippen molar-refractivity contribution in [2.24, 2.45) is 0 Å². The summed E-state index contributed by atoms with van der Waals surface area (Å²) in [5.74, 6) is -0.0613. The van der Waals surface area contributed by atoms with Gasteiger partial charge in [-0.2, -0.15) is 0 Å². The quantitative estimate of drug-likeness (QED) is 0.751. The summed E-state index contributed by atoms with van der Waals surface area (Å²) in [6.07, 6.45) is 9.64. The van der Waals surface area contributed by atoms with Crippen molar-refractivity contribution in [1.82, 2.24) is 0 Å². The molecule has 0 saturated carbocycles. The minimum absolute atomic E-state index is 0.161. The predicted octanol–water partition coefficient (Wildman–Crippen LogP) is 3.62. The molecule has 0 heterocycles. The molecule has 19 heavy (non-hydrogen) atoms. The molecule has 0 N–H and O–H groups in total. The van der Waals surface area contributed by atoms with Crippen LogP contribution in [0, 0.1) is 0 Å². The maximum atomic E-state index is 11.1. The second kappa shape index (κ2) is 4.88. The molecule has 0 aliphatic heterocycles. The fourth-order valence-corrected chi connectivity index (χ4v) is 2.79. The molecule has 3 rings (SSSR count). The average Bonchev–Trinajstić information content (AvgIpc) is 2.56. The van der Waals surface area contributed by atoms with Crippen LogP contribution in [0.4, 0.5) is 0 Å². The molecule has 0 spiro atoms. The van der Waals surface area contributed by atoms with E-state index in [1.807, 2.05) is 6.07 Å². The normalized spacial score (nSPS) is 19.9. The highest BCUT2D eigenvalue weighted by Gasteiger charge is 2.29. The highest BCUT2D eigenvalue weighted by Crippen LogP contribution is 2.44. The standard InChI is InChI=1S/C17H16O2/c1-12(18)19-11-17-15-8-4-2-3-7-13(15)14-9-5-6-10-16(14)17/h3-10,17H,2,11H2,1H3. The molecule has 0 fully saturated rings. The van der Waals surface area contributed by atoms with E-state index in [4.69, 9.17) is 4.74 Å². The fraction of sp³-hybridized carbons (Fsp3) is 0.235. The zero-order chi connectivity index (χ0) is 13.2. The summed E-state index contributed by atoms with van der Waals surface area (Å²) in [6, 6.07) is 8.36. The van der Waals surface area contributed by atoms with Gasteiger partial charge in [0.2, 0.25) is 0 Å². The molecule has 0 saturated heterocycles. The number of hydrogen-bond acceptors (Lipinski definition) is 2. The van der Waals surface area contributed by atoms with E-state index in [2.05, 4.69) is 42.5 Å². The minimum Gasteiger partial charge on any atom is -0.465 e. The first kappa shape index (κ1) is 12.0. The molecule has 96 valence electrons. The Hall–Kier alpha value is -2.09.